The molecule has 51 heavy (non-hydrogen) atoms. The van der Waals surface area contributed by atoms with Crippen LogP contribution in [0.5, 0.6) is 0 Å². The van der Waals surface area contributed by atoms with Crippen LogP contribution in [0.1, 0.15) is 83.4 Å². The highest BCUT2D eigenvalue weighted by Crippen LogP contribution is 2.32. The van der Waals surface area contributed by atoms with Crippen molar-refractivity contribution in [2.45, 2.75) is 71.9 Å². The number of benzene rings is 4. The third kappa shape index (κ3) is 9.76. The van der Waals surface area contributed by atoms with E-state index in [9.17, 15) is 28.3 Å². The Balaban J connectivity index is 1.37. The predicted molar refractivity (Wildman–Crippen MR) is 196 cm³/mol. The second-order valence-corrected chi connectivity index (χ2v) is 13.8. The molecule has 2 amide bonds. The molecule has 4 aromatic carbocycles. The number of amides is 2. The third-order valence-electron chi connectivity index (χ3n) is 9.69. The molecule has 0 bridgehead atoms. The SMILES string of the molecule is CCCN(CCC)C(=O)c1cc(C)cc(C(=O)C[C@@H](Cc2cc(F)cc(F)c2)[C@H](O)[C@@H]2CCCN(Cc3ccc(-c4ccccc4)cc3)C2=O)c1. The maximum absolute atomic E-state index is 14.3. The maximum atomic E-state index is 14.3. The molecule has 0 spiro atoms. The number of hydrogen-bond donors (Lipinski definition) is 1. The molecule has 1 aliphatic rings. The van der Waals surface area contributed by atoms with Crippen LogP contribution in [-0.4, -0.2) is 58.2 Å². The zero-order valence-corrected chi connectivity index (χ0v) is 29.8. The number of aryl methyl sites for hydroxylation is 1. The van der Waals surface area contributed by atoms with E-state index in [0.717, 1.165) is 41.2 Å². The zero-order valence-electron chi connectivity index (χ0n) is 29.8. The van der Waals surface area contributed by atoms with Crippen LogP contribution in [0.2, 0.25) is 0 Å². The van der Waals surface area contributed by atoms with Crippen molar-refractivity contribution in [1.82, 2.24) is 9.80 Å². The number of ketones is 1. The first kappa shape index (κ1) is 37.6. The van der Waals surface area contributed by atoms with Gasteiger partial charge in [0.05, 0.1) is 12.0 Å². The molecule has 4 aromatic rings. The fourth-order valence-electron chi connectivity index (χ4n) is 7.23. The standard InChI is InChI=1S/C43H48F2N2O4/c1-4-17-46(18-5-2)42(50)36-21-29(3)20-34(25-36)40(48)26-35(22-31-23-37(44)27-38(45)24-31)41(49)39-12-9-19-47(43(39)51)28-30-13-15-33(16-14-30)32-10-7-6-8-11-32/h6-8,10-11,13-16,20-21,23-25,27,35,39,41,49H,4-5,9,12,17-19,22,26,28H2,1-3H3/t35-,39+,41+/m1/s1. The molecule has 0 aliphatic carbocycles. The van der Waals surface area contributed by atoms with Gasteiger partial charge in [-0.3, -0.25) is 14.4 Å². The normalized spacial score (nSPS) is 15.8. The lowest BCUT2D eigenvalue weighted by Gasteiger charge is -2.37. The van der Waals surface area contributed by atoms with Crippen molar-refractivity contribution in [2.75, 3.05) is 19.6 Å². The summed E-state index contributed by atoms with van der Waals surface area (Å²) >= 11 is 0. The van der Waals surface area contributed by atoms with Gasteiger partial charge >= 0.3 is 0 Å². The lowest BCUT2D eigenvalue weighted by molar-refractivity contribution is -0.145. The highest BCUT2D eigenvalue weighted by atomic mass is 19.1. The van der Waals surface area contributed by atoms with Crippen molar-refractivity contribution >= 4 is 17.6 Å². The second-order valence-electron chi connectivity index (χ2n) is 13.8. The number of Topliss-reactive ketones (excluding diaryl/α,β-unsaturated/α-hetero) is 1. The molecule has 0 radical (unpaired) electrons. The summed E-state index contributed by atoms with van der Waals surface area (Å²) in [5.41, 5.74) is 4.91. The van der Waals surface area contributed by atoms with Gasteiger partial charge in [-0.2, -0.15) is 0 Å². The van der Waals surface area contributed by atoms with Crippen molar-refractivity contribution in [3.63, 3.8) is 0 Å². The molecule has 1 aliphatic heterocycles. The molecule has 1 N–H and O–H groups in total. The number of carbonyl (C=O) groups excluding carboxylic acids is 3. The van der Waals surface area contributed by atoms with E-state index in [-0.39, 0.29) is 36.0 Å². The molecule has 5 rings (SSSR count). The molecule has 3 atom stereocenters. The van der Waals surface area contributed by atoms with Crippen LogP contribution in [0.4, 0.5) is 8.78 Å². The Morgan fingerprint density at radius 1 is 0.843 bits per heavy atom. The summed E-state index contributed by atoms with van der Waals surface area (Å²) in [6.07, 6.45) is 1.29. The van der Waals surface area contributed by atoms with Gasteiger partial charge in [0.15, 0.2) is 5.78 Å². The third-order valence-corrected chi connectivity index (χ3v) is 9.69. The zero-order chi connectivity index (χ0) is 36.5. The highest BCUT2D eigenvalue weighted by Gasteiger charge is 2.38. The Morgan fingerprint density at radius 2 is 1.47 bits per heavy atom. The van der Waals surface area contributed by atoms with E-state index >= 15 is 0 Å². The van der Waals surface area contributed by atoms with Gasteiger partial charge < -0.3 is 14.9 Å². The number of likely N-dealkylation sites (tertiary alicyclic amines) is 1. The number of nitrogens with zero attached hydrogens (tertiary/aromatic N) is 2. The van der Waals surface area contributed by atoms with Crippen LogP contribution in [0.3, 0.4) is 0 Å². The smallest absolute Gasteiger partial charge is 0.253 e. The number of piperidine rings is 1. The summed E-state index contributed by atoms with van der Waals surface area (Å²) in [4.78, 5) is 44.8. The van der Waals surface area contributed by atoms with Gasteiger partial charge in [-0.25, -0.2) is 8.78 Å². The van der Waals surface area contributed by atoms with Gasteiger partial charge in [-0.05, 0) is 103 Å². The Bertz CT molecular complexity index is 1780. The summed E-state index contributed by atoms with van der Waals surface area (Å²) in [6, 6.07) is 26.3. The summed E-state index contributed by atoms with van der Waals surface area (Å²) in [7, 11) is 0. The van der Waals surface area contributed by atoms with E-state index in [1.54, 1.807) is 28.0 Å². The van der Waals surface area contributed by atoms with Crippen LogP contribution in [-0.2, 0) is 17.8 Å². The molecular formula is C43H48F2N2O4. The predicted octanol–water partition coefficient (Wildman–Crippen LogP) is 8.43. The molecule has 268 valence electrons. The van der Waals surface area contributed by atoms with Gasteiger partial charge in [0, 0.05) is 49.8 Å². The summed E-state index contributed by atoms with van der Waals surface area (Å²) in [6.45, 7) is 7.97. The average Bonchev–Trinajstić information content (AvgIpc) is 3.11. The Kier molecular flexibility index (Phi) is 12.9. The maximum Gasteiger partial charge on any atom is 0.253 e. The van der Waals surface area contributed by atoms with Crippen LogP contribution >= 0.6 is 0 Å². The molecule has 8 heteroatoms. The van der Waals surface area contributed by atoms with Crippen molar-refractivity contribution in [1.29, 1.82) is 0 Å². The van der Waals surface area contributed by atoms with Crippen LogP contribution in [0.25, 0.3) is 11.1 Å². The summed E-state index contributed by atoms with van der Waals surface area (Å²) < 4.78 is 28.6. The first-order chi connectivity index (χ1) is 24.6. The molecule has 6 nitrogen and oxygen atoms in total. The van der Waals surface area contributed by atoms with Crippen molar-refractivity contribution in [3.8, 4) is 11.1 Å². The Hall–Kier alpha value is -4.69. The highest BCUT2D eigenvalue weighted by molar-refractivity contribution is 6.01. The molecule has 0 unspecified atom stereocenters. The first-order valence-corrected chi connectivity index (χ1v) is 18.1. The van der Waals surface area contributed by atoms with E-state index in [1.165, 1.54) is 12.1 Å². The topological polar surface area (TPSA) is 77.9 Å². The van der Waals surface area contributed by atoms with Gasteiger partial charge in [-0.1, -0.05) is 68.4 Å². The molecule has 1 saturated heterocycles. The quantitative estimate of drug-likeness (QED) is 0.127. The van der Waals surface area contributed by atoms with Crippen molar-refractivity contribution in [2.24, 2.45) is 11.8 Å². The van der Waals surface area contributed by atoms with Gasteiger partial charge in [0.25, 0.3) is 5.91 Å². The van der Waals surface area contributed by atoms with Crippen molar-refractivity contribution < 1.29 is 28.3 Å². The number of halogens is 2. The first-order valence-electron chi connectivity index (χ1n) is 18.1. The van der Waals surface area contributed by atoms with E-state index in [2.05, 4.69) is 0 Å². The Morgan fingerprint density at radius 3 is 2.12 bits per heavy atom. The minimum Gasteiger partial charge on any atom is -0.392 e. The van der Waals surface area contributed by atoms with E-state index in [4.69, 9.17) is 0 Å². The number of hydrogen-bond acceptors (Lipinski definition) is 4. The molecule has 1 fully saturated rings. The van der Waals surface area contributed by atoms with Crippen LogP contribution in [0, 0.1) is 30.4 Å². The minimum atomic E-state index is -1.24. The minimum absolute atomic E-state index is 0.00923. The number of aliphatic hydroxyl groups is 1. The fourth-order valence-corrected chi connectivity index (χ4v) is 7.23. The molecule has 0 aromatic heterocycles. The average molecular weight is 695 g/mol. The van der Waals surface area contributed by atoms with Crippen LogP contribution < -0.4 is 0 Å². The second kappa shape index (κ2) is 17.5. The van der Waals surface area contributed by atoms with Crippen molar-refractivity contribution in [3.05, 3.63) is 130 Å². The number of aliphatic hydroxyl groups excluding tert-OH is 1. The summed E-state index contributed by atoms with van der Waals surface area (Å²) in [5.74, 6) is -3.78. The Labute approximate surface area is 300 Å². The monoisotopic (exact) mass is 694 g/mol. The largest absolute Gasteiger partial charge is 0.392 e. The summed E-state index contributed by atoms with van der Waals surface area (Å²) in [5, 5.41) is 11.9. The lowest BCUT2D eigenvalue weighted by atomic mass is 9.79. The molecule has 0 saturated carbocycles. The van der Waals surface area contributed by atoms with Gasteiger partial charge in [0.1, 0.15) is 11.6 Å². The van der Waals surface area contributed by atoms with Gasteiger partial charge in [-0.15, -0.1) is 0 Å². The molecule has 1 heterocycles. The number of carbonyl (C=O) groups is 3. The van der Waals surface area contributed by atoms with E-state index in [0.29, 0.717) is 50.1 Å². The molecular weight excluding hydrogens is 646 g/mol. The van der Waals surface area contributed by atoms with E-state index in [1.807, 2.05) is 75.4 Å². The van der Waals surface area contributed by atoms with E-state index < -0.39 is 29.6 Å². The fraction of sp³-hybridized carbons (Fsp3) is 0.372. The lowest BCUT2D eigenvalue weighted by Crippen LogP contribution is -2.47. The number of rotatable bonds is 15. The van der Waals surface area contributed by atoms with Gasteiger partial charge in [0.2, 0.25) is 5.91 Å². The van der Waals surface area contributed by atoms with Crippen LogP contribution in [0.15, 0.2) is 91.0 Å².